The Morgan fingerprint density at radius 2 is 1.32 bits per heavy atom. The van der Waals surface area contributed by atoms with Crippen LogP contribution in [0.2, 0.25) is 0 Å². The Morgan fingerprint density at radius 3 is 1.74 bits per heavy atom. The molecule has 0 radical (unpaired) electrons. The van der Waals surface area contributed by atoms with E-state index >= 15 is 0 Å². The van der Waals surface area contributed by atoms with Gasteiger partial charge in [-0.15, -0.1) is 0 Å². The first-order valence-corrected chi connectivity index (χ1v) is 9.25. The lowest BCUT2D eigenvalue weighted by atomic mass is 10.1. The van der Waals surface area contributed by atoms with Gasteiger partial charge in [-0.25, -0.2) is 18.4 Å². The highest BCUT2D eigenvalue weighted by Crippen LogP contribution is 2.27. The van der Waals surface area contributed by atoms with E-state index < -0.39 is 44.8 Å². The molecule has 2 aromatic rings. The van der Waals surface area contributed by atoms with Crippen molar-refractivity contribution < 1.29 is 37.7 Å². The van der Waals surface area contributed by atoms with Crippen LogP contribution < -0.4 is 0 Å². The smallest absolute Gasteiger partial charge is 0.345 e. The molecule has 31 heavy (non-hydrogen) atoms. The van der Waals surface area contributed by atoms with Gasteiger partial charge in [-0.3, -0.25) is 20.2 Å². The Balaban J connectivity index is 0.000000311. The number of carbonyl (C=O) groups excluding carboxylic acids is 2. The first-order chi connectivity index (χ1) is 14.5. The SMILES string of the molecule is COC(=O)c1c([N+](=O)[O-])ccc(F)c1C.COC(=O)c1c([N+](=O)[O-])ccc(F)c1CBr. The topological polar surface area (TPSA) is 139 Å². The van der Waals surface area contributed by atoms with Crippen molar-refractivity contribution in [2.24, 2.45) is 0 Å². The van der Waals surface area contributed by atoms with E-state index in [1.807, 2.05) is 0 Å². The van der Waals surface area contributed by atoms with E-state index in [1.54, 1.807) is 0 Å². The minimum atomic E-state index is -0.930. The monoisotopic (exact) mass is 504 g/mol. The highest BCUT2D eigenvalue weighted by Gasteiger charge is 2.27. The van der Waals surface area contributed by atoms with E-state index in [1.165, 1.54) is 6.92 Å². The van der Waals surface area contributed by atoms with Crippen molar-refractivity contribution in [3.63, 3.8) is 0 Å². The van der Waals surface area contributed by atoms with Gasteiger partial charge in [0, 0.05) is 28.6 Å². The molecule has 0 heterocycles. The van der Waals surface area contributed by atoms with Crippen molar-refractivity contribution in [2.45, 2.75) is 12.3 Å². The summed E-state index contributed by atoms with van der Waals surface area (Å²) in [6.07, 6.45) is 0. The number of nitrogens with zero attached hydrogens (tertiary/aromatic N) is 2. The molecule has 0 aliphatic heterocycles. The summed E-state index contributed by atoms with van der Waals surface area (Å²) in [7, 11) is 2.16. The molecule has 0 spiro atoms. The Hall–Kier alpha value is -3.48. The van der Waals surface area contributed by atoms with Gasteiger partial charge in [-0.1, -0.05) is 15.9 Å². The predicted molar refractivity (Wildman–Crippen MR) is 106 cm³/mol. The number of nitro groups is 2. The van der Waals surface area contributed by atoms with Crippen LogP contribution in [0.5, 0.6) is 0 Å². The van der Waals surface area contributed by atoms with Crippen LogP contribution in [0.25, 0.3) is 0 Å². The molecule has 13 heteroatoms. The van der Waals surface area contributed by atoms with E-state index in [2.05, 4.69) is 25.4 Å². The Kier molecular flexibility index (Phi) is 9.12. The normalized spacial score (nSPS) is 9.87. The fraction of sp³-hybridized carbons (Fsp3) is 0.222. The van der Waals surface area contributed by atoms with Crippen LogP contribution >= 0.6 is 15.9 Å². The summed E-state index contributed by atoms with van der Waals surface area (Å²) in [6, 6.07) is 3.77. The second kappa shape index (κ2) is 11.1. The van der Waals surface area contributed by atoms with Crippen LogP contribution in [0, 0.1) is 38.8 Å². The van der Waals surface area contributed by atoms with Crippen LogP contribution in [0.4, 0.5) is 20.2 Å². The van der Waals surface area contributed by atoms with E-state index in [-0.39, 0.29) is 27.6 Å². The lowest BCUT2D eigenvalue weighted by Crippen LogP contribution is -2.10. The summed E-state index contributed by atoms with van der Waals surface area (Å²) >= 11 is 2.97. The van der Waals surface area contributed by atoms with Gasteiger partial charge >= 0.3 is 11.9 Å². The molecule has 10 nitrogen and oxygen atoms in total. The van der Waals surface area contributed by atoms with Crippen molar-refractivity contribution in [1.82, 2.24) is 0 Å². The molecular weight excluding hydrogens is 490 g/mol. The average Bonchev–Trinajstić information content (AvgIpc) is 2.74. The standard InChI is InChI=1S/C9H7BrFNO4.C9H8FNO4/c1-16-9(13)8-5(4-10)6(11)2-3-7(8)12(14)15;1-5-6(10)3-4-7(11(13)14)8(5)9(12)15-2/h2-3H,4H2,1H3;3-4H,1-2H3. The third-order valence-electron chi connectivity index (χ3n) is 3.92. The summed E-state index contributed by atoms with van der Waals surface area (Å²) < 4.78 is 35.2. The Labute approximate surface area is 182 Å². The summed E-state index contributed by atoms with van der Waals surface area (Å²) in [5, 5.41) is 21.3. The molecule has 0 saturated carbocycles. The molecule has 0 saturated heterocycles. The molecule has 0 unspecified atom stereocenters. The summed E-state index contributed by atoms with van der Waals surface area (Å²) in [6.45, 7) is 1.29. The van der Waals surface area contributed by atoms with Crippen LogP contribution in [0.3, 0.4) is 0 Å². The van der Waals surface area contributed by atoms with Crippen LogP contribution in [0.1, 0.15) is 31.8 Å². The molecule has 2 rings (SSSR count). The molecule has 166 valence electrons. The minimum absolute atomic E-state index is 0.00898. The van der Waals surface area contributed by atoms with Gasteiger partial charge in [0.05, 0.1) is 24.1 Å². The molecule has 0 amide bonds. The van der Waals surface area contributed by atoms with Crippen LogP contribution in [0.15, 0.2) is 24.3 Å². The van der Waals surface area contributed by atoms with Gasteiger partial charge in [-0.05, 0) is 19.1 Å². The number of rotatable bonds is 5. The third-order valence-corrected chi connectivity index (χ3v) is 4.48. The third kappa shape index (κ3) is 5.78. The maximum absolute atomic E-state index is 13.3. The number of carbonyl (C=O) groups is 2. The summed E-state index contributed by atoms with van der Waals surface area (Å²) in [5.74, 6) is -3.22. The summed E-state index contributed by atoms with van der Waals surface area (Å²) in [4.78, 5) is 42.3. The predicted octanol–water partition coefficient (Wildman–Crippen LogP) is 4.24. The Bertz CT molecular complexity index is 1050. The van der Waals surface area contributed by atoms with E-state index in [4.69, 9.17) is 0 Å². The average molecular weight is 505 g/mol. The molecule has 0 fully saturated rings. The number of hydrogen-bond acceptors (Lipinski definition) is 8. The van der Waals surface area contributed by atoms with Crippen LogP contribution in [-0.2, 0) is 14.8 Å². The highest BCUT2D eigenvalue weighted by atomic mass is 79.9. The largest absolute Gasteiger partial charge is 0.465 e. The molecule has 0 aromatic heterocycles. The van der Waals surface area contributed by atoms with Crippen molar-refractivity contribution in [1.29, 1.82) is 0 Å². The number of ether oxygens (including phenoxy) is 2. The first-order valence-electron chi connectivity index (χ1n) is 8.13. The molecule has 0 aliphatic carbocycles. The van der Waals surface area contributed by atoms with Gasteiger partial charge in [0.2, 0.25) is 0 Å². The number of alkyl halides is 1. The second-order valence-electron chi connectivity index (χ2n) is 5.62. The molecule has 0 N–H and O–H groups in total. The van der Waals surface area contributed by atoms with E-state index in [9.17, 15) is 38.6 Å². The van der Waals surface area contributed by atoms with Gasteiger partial charge in [-0.2, -0.15) is 0 Å². The fourth-order valence-electron chi connectivity index (χ4n) is 2.41. The fourth-order valence-corrected chi connectivity index (χ4v) is 2.95. The highest BCUT2D eigenvalue weighted by molar-refractivity contribution is 9.08. The molecule has 0 bridgehead atoms. The van der Waals surface area contributed by atoms with Crippen LogP contribution in [-0.4, -0.2) is 36.0 Å². The van der Waals surface area contributed by atoms with Gasteiger partial charge < -0.3 is 9.47 Å². The number of hydrogen-bond donors (Lipinski definition) is 0. The first kappa shape index (κ1) is 25.6. The quantitative estimate of drug-likeness (QED) is 0.255. The van der Waals surface area contributed by atoms with Crippen molar-refractivity contribution in [3.05, 3.63) is 78.4 Å². The minimum Gasteiger partial charge on any atom is -0.465 e. The molecule has 0 atom stereocenters. The number of nitro benzene ring substituents is 2. The lowest BCUT2D eigenvalue weighted by molar-refractivity contribution is -0.385. The zero-order chi connectivity index (χ0) is 23.9. The zero-order valence-electron chi connectivity index (χ0n) is 16.3. The van der Waals surface area contributed by atoms with Crippen molar-refractivity contribution >= 4 is 39.2 Å². The molecular formula is C18H15BrF2N2O8. The van der Waals surface area contributed by atoms with Crippen molar-refractivity contribution in [2.75, 3.05) is 14.2 Å². The maximum Gasteiger partial charge on any atom is 0.345 e. The second-order valence-corrected chi connectivity index (χ2v) is 6.18. The number of benzene rings is 2. The zero-order valence-corrected chi connectivity index (χ0v) is 17.9. The lowest BCUT2D eigenvalue weighted by Gasteiger charge is -2.06. The number of methoxy groups -OCH3 is 2. The molecule has 2 aromatic carbocycles. The van der Waals surface area contributed by atoms with E-state index in [0.29, 0.717) is 0 Å². The molecule has 0 aliphatic rings. The van der Waals surface area contributed by atoms with Gasteiger partial charge in [0.1, 0.15) is 22.8 Å². The van der Waals surface area contributed by atoms with Crippen molar-refractivity contribution in [3.8, 4) is 0 Å². The number of esters is 2. The number of halogens is 3. The summed E-state index contributed by atoms with van der Waals surface area (Å²) in [5.41, 5.74) is -1.80. The Morgan fingerprint density at radius 1 is 0.903 bits per heavy atom. The van der Waals surface area contributed by atoms with E-state index in [0.717, 1.165) is 38.5 Å². The van der Waals surface area contributed by atoms with Gasteiger partial charge in [0.25, 0.3) is 11.4 Å². The van der Waals surface area contributed by atoms with Gasteiger partial charge in [0.15, 0.2) is 0 Å². The maximum atomic E-state index is 13.3.